The predicted molar refractivity (Wildman–Crippen MR) is 105 cm³/mol. The summed E-state index contributed by atoms with van der Waals surface area (Å²) in [5.41, 5.74) is 8.40. The van der Waals surface area contributed by atoms with E-state index in [-0.39, 0.29) is 18.8 Å². The van der Waals surface area contributed by atoms with Crippen LogP contribution >= 0.6 is 0 Å². The number of aromatic nitrogens is 1. The van der Waals surface area contributed by atoms with E-state index in [0.29, 0.717) is 18.4 Å². The van der Waals surface area contributed by atoms with Crippen LogP contribution < -0.4 is 15.8 Å². The minimum Gasteiger partial charge on any atom is -0.481 e. The van der Waals surface area contributed by atoms with Gasteiger partial charge in [-0.25, -0.2) is 8.78 Å². The first-order valence-electron chi connectivity index (χ1n) is 8.85. The van der Waals surface area contributed by atoms with E-state index in [1.165, 1.54) is 0 Å². The summed E-state index contributed by atoms with van der Waals surface area (Å²) < 4.78 is 33.5. The fourth-order valence-electron chi connectivity index (χ4n) is 2.66. The Morgan fingerprint density at radius 2 is 1.79 bits per heavy atom. The highest BCUT2D eigenvalue weighted by Crippen LogP contribution is 2.29. The number of nitrogens with zero attached hydrogens (tertiary/aromatic N) is 1. The molecule has 0 saturated carbocycles. The van der Waals surface area contributed by atoms with Crippen LogP contribution in [0.25, 0.3) is 11.1 Å². The highest BCUT2D eigenvalue weighted by atomic mass is 19.1. The van der Waals surface area contributed by atoms with Gasteiger partial charge in [0.15, 0.2) is 17.5 Å². The number of ether oxygens (including phenoxy) is 1. The Hall–Kier alpha value is -3.52. The van der Waals surface area contributed by atoms with E-state index in [1.807, 2.05) is 30.3 Å². The maximum atomic E-state index is 14.1. The van der Waals surface area contributed by atoms with Crippen molar-refractivity contribution in [1.82, 2.24) is 4.98 Å². The van der Waals surface area contributed by atoms with Gasteiger partial charge in [-0.1, -0.05) is 30.3 Å². The van der Waals surface area contributed by atoms with E-state index in [0.717, 1.165) is 16.7 Å². The molecule has 1 heterocycles. The van der Waals surface area contributed by atoms with Gasteiger partial charge in [-0.15, -0.1) is 0 Å². The molecule has 4 N–H and O–H groups in total. The van der Waals surface area contributed by atoms with Gasteiger partial charge in [-0.3, -0.25) is 4.79 Å². The number of carbonyl (C=O) groups is 1. The number of nitrogens with one attached hydrogen (secondary N) is 1. The molecule has 150 valence electrons. The summed E-state index contributed by atoms with van der Waals surface area (Å²) in [6.45, 7) is 0.351. The van der Waals surface area contributed by atoms with E-state index in [4.69, 9.17) is 15.6 Å². The minimum atomic E-state index is -1.05. The zero-order valence-corrected chi connectivity index (χ0v) is 15.4. The summed E-state index contributed by atoms with van der Waals surface area (Å²) in [6, 6.07) is 15.3. The van der Waals surface area contributed by atoms with Gasteiger partial charge in [0.1, 0.15) is 5.75 Å². The van der Waals surface area contributed by atoms with Crippen LogP contribution in [0.1, 0.15) is 12.0 Å². The Kier molecular flexibility index (Phi) is 6.36. The monoisotopic (exact) mass is 399 g/mol. The molecular formula is C21H19F2N3O3. The van der Waals surface area contributed by atoms with Crippen LogP contribution in [0.3, 0.4) is 0 Å². The summed E-state index contributed by atoms with van der Waals surface area (Å²) >= 11 is 0. The van der Waals surface area contributed by atoms with Crippen molar-refractivity contribution in [3.05, 3.63) is 71.8 Å². The second-order valence-corrected chi connectivity index (χ2v) is 6.21. The standard InChI is InChI=1S/C21H19F2N3O3/c22-17-11-18(23)21(26-20(17)25-8-7-19(27)28)29-16-6-2-5-15(10-16)14-4-1-3-13(9-14)12-24/h1-6,9-11H,7-8,12,24H2,(H,25,26)(H,27,28). The minimum absolute atomic E-state index is 0.0582. The molecular weight excluding hydrogens is 380 g/mol. The zero-order chi connectivity index (χ0) is 20.8. The van der Waals surface area contributed by atoms with E-state index in [2.05, 4.69) is 10.3 Å². The fourth-order valence-corrected chi connectivity index (χ4v) is 2.66. The summed E-state index contributed by atoms with van der Waals surface area (Å²) in [6.07, 6.45) is -0.238. The number of nitrogens with two attached hydrogens (primary N) is 1. The number of anilines is 1. The second-order valence-electron chi connectivity index (χ2n) is 6.21. The molecule has 0 aliphatic rings. The van der Waals surface area contributed by atoms with Crippen molar-refractivity contribution in [1.29, 1.82) is 0 Å². The van der Waals surface area contributed by atoms with Crippen molar-refractivity contribution >= 4 is 11.8 Å². The van der Waals surface area contributed by atoms with Crippen molar-refractivity contribution in [3.63, 3.8) is 0 Å². The highest BCUT2D eigenvalue weighted by molar-refractivity contribution is 5.67. The Morgan fingerprint density at radius 3 is 2.52 bits per heavy atom. The number of rotatable bonds is 8. The maximum Gasteiger partial charge on any atom is 0.305 e. The Balaban J connectivity index is 1.83. The molecule has 0 radical (unpaired) electrons. The second kappa shape index (κ2) is 9.11. The van der Waals surface area contributed by atoms with E-state index < -0.39 is 23.5 Å². The number of benzene rings is 2. The average molecular weight is 399 g/mol. The van der Waals surface area contributed by atoms with Crippen LogP contribution in [-0.4, -0.2) is 22.6 Å². The van der Waals surface area contributed by atoms with Crippen molar-refractivity contribution in [2.75, 3.05) is 11.9 Å². The van der Waals surface area contributed by atoms with Crippen molar-refractivity contribution < 1.29 is 23.4 Å². The van der Waals surface area contributed by atoms with Crippen LogP contribution in [0.15, 0.2) is 54.6 Å². The molecule has 8 heteroatoms. The molecule has 0 unspecified atom stereocenters. The van der Waals surface area contributed by atoms with Crippen molar-refractivity contribution in [2.45, 2.75) is 13.0 Å². The summed E-state index contributed by atoms with van der Waals surface area (Å²) in [5, 5.41) is 11.2. The first-order chi connectivity index (χ1) is 14.0. The van der Waals surface area contributed by atoms with E-state index in [1.54, 1.807) is 18.2 Å². The number of aliphatic carboxylic acids is 1. The Bertz CT molecular complexity index is 1030. The van der Waals surface area contributed by atoms with E-state index >= 15 is 0 Å². The third-order valence-corrected chi connectivity index (χ3v) is 4.07. The van der Waals surface area contributed by atoms with Gasteiger partial charge in [-0.05, 0) is 34.9 Å². The summed E-state index contributed by atoms with van der Waals surface area (Å²) in [7, 11) is 0. The lowest BCUT2D eigenvalue weighted by Crippen LogP contribution is -2.10. The predicted octanol–water partition coefficient (Wildman–Crippen LogP) is 4.16. The molecule has 2 aromatic carbocycles. The molecule has 3 aromatic rings. The molecule has 29 heavy (non-hydrogen) atoms. The normalized spacial score (nSPS) is 10.6. The highest BCUT2D eigenvalue weighted by Gasteiger charge is 2.14. The Labute approximate surface area is 166 Å². The first-order valence-corrected chi connectivity index (χ1v) is 8.85. The molecule has 0 fully saturated rings. The average Bonchev–Trinajstić information content (AvgIpc) is 2.71. The molecule has 0 amide bonds. The van der Waals surface area contributed by atoms with Crippen LogP contribution in [0.2, 0.25) is 0 Å². The molecule has 0 saturated heterocycles. The van der Waals surface area contributed by atoms with E-state index in [9.17, 15) is 13.6 Å². The summed E-state index contributed by atoms with van der Waals surface area (Å²) in [5.74, 6) is -3.34. The van der Waals surface area contributed by atoms with Gasteiger partial charge in [0.25, 0.3) is 5.88 Å². The van der Waals surface area contributed by atoms with Gasteiger partial charge in [0.2, 0.25) is 0 Å². The number of carboxylic acids is 1. The number of carboxylic acid groups (broad SMARTS) is 1. The molecule has 0 atom stereocenters. The molecule has 0 bridgehead atoms. The van der Waals surface area contributed by atoms with Crippen molar-refractivity contribution in [2.24, 2.45) is 5.73 Å². The third-order valence-electron chi connectivity index (χ3n) is 4.07. The maximum absolute atomic E-state index is 14.1. The molecule has 1 aromatic heterocycles. The molecule has 3 rings (SSSR count). The fraction of sp³-hybridized carbons (Fsp3) is 0.143. The van der Waals surface area contributed by atoms with Crippen molar-refractivity contribution in [3.8, 4) is 22.8 Å². The van der Waals surface area contributed by atoms with Gasteiger partial charge in [0.05, 0.1) is 6.42 Å². The zero-order valence-electron chi connectivity index (χ0n) is 15.4. The topological polar surface area (TPSA) is 97.5 Å². The molecule has 0 aliphatic heterocycles. The van der Waals surface area contributed by atoms with Gasteiger partial charge >= 0.3 is 5.97 Å². The molecule has 0 aliphatic carbocycles. The lowest BCUT2D eigenvalue weighted by atomic mass is 10.0. The first kappa shape index (κ1) is 20.2. The van der Waals surface area contributed by atoms with Crippen LogP contribution in [-0.2, 0) is 11.3 Å². The Morgan fingerprint density at radius 1 is 1.07 bits per heavy atom. The number of pyridine rings is 1. The molecule has 0 spiro atoms. The molecule has 6 nitrogen and oxygen atoms in total. The third kappa shape index (κ3) is 5.26. The van der Waals surface area contributed by atoms with Gasteiger partial charge < -0.3 is 20.9 Å². The van der Waals surface area contributed by atoms with Gasteiger partial charge in [-0.2, -0.15) is 4.98 Å². The smallest absolute Gasteiger partial charge is 0.305 e. The van der Waals surface area contributed by atoms with Crippen LogP contribution in [0.5, 0.6) is 11.6 Å². The van der Waals surface area contributed by atoms with Gasteiger partial charge in [0, 0.05) is 19.2 Å². The lowest BCUT2D eigenvalue weighted by Gasteiger charge is -2.11. The lowest BCUT2D eigenvalue weighted by molar-refractivity contribution is -0.136. The summed E-state index contributed by atoms with van der Waals surface area (Å²) in [4.78, 5) is 14.4. The quantitative estimate of drug-likeness (QED) is 0.526. The number of hydrogen-bond acceptors (Lipinski definition) is 5. The van der Waals surface area contributed by atoms with Crippen LogP contribution in [0, 0.1) is 11.6 Å². The van der Waals surface area contributed by atoms with Crippen LogP contribution in [0.4, 0.5) is 14.6 Å². The number of hydrogen-bond donors (Lipinski definition) is 3. The number of halogens is 2. The SMILES string of the molecule is NCc1cccc(-c2cccc(Oc3nc(NCCC(=O)O)c(F)cc3F)c2)c1. The largest absolute Gasteiger partial charge is 0.481 e.